The number of Topliss-reactive ketones (excluding diaryl/α,β-unsaturated/α-hetero) is 1. The number of ketones is 1. The van der Waals surface area contributed by atoms with Crippen molar-refractivity contribution in [3.05, 3.63) is 41.2 Å². The summed E-state index contributed by atoms with van der Waals surface area (Å²) in [6, 6.07) is 6.97. The van der Waals surface area contributed by atoms with Crippen molar-refractivity contribution in [1.29, 1.82) is 5.26 Å². The number of benzene rings is 1. The highest BCUT2D eigenvalue weighted by Gasteiger charge is 2.50. The minimum Gasteiger partial charge on any atom is -0.381 e. The van der Waals surface area contributed by atoms with Crippen LogP contribution in [0, 0.1) is 29.6 Å². The zero-order valence-electron chi connectivity index (χ0n) is 17.4. The molecule has 1 heterocycles. The highest BCUT2D eigenvalue weighted by molar-refractivity contribution is 7.92. The van der Waals surface area contributed by atoms with Crippen LogP contribution in [0.4, 0.5) is 0 Å². The van der Waals surface area contributed by atoms with Gasteiger partial charge in [0, 0.05) is 25.6 Å². The van der Waals surface area contributed by atoms with Gasteiger partial charge in [-0.3, -0.25) is 4.79 Å². The van der Waals surface area contributed by atoms with Gasteiger partial charge in [-0.25, -0.2) is 13.1 Å². The zero-order valence-corrected chi connectivity index (χ0v) is 19.0. The van der Waals surface area contributed by atoms with Crippen LogP contribution in [0.2, 0.25) is 5.02 Å². The smallest absolute Gasteiger partial charge is 0.182 e. The van der Waals surface area contributed by atoms with Crippen molar-refractivity contribution in [2.24, 2.45) is 11.3 Å². The number of carbonyl (C=O) groups excluding carboxylic acids is 1. The van der Waals surface area contributed by atoms with Crippen LogP contribution >= 0.6 is 11.6 Å². The molecule has 31 heavy (non-hydrogen) atoms. The highest BCUT2D eigenvalue weighted by Crippen LogP contribution is 2.50. The molecule has 7 nitrogen and oxygen atoms in total. The van der Waals surface area contributed by atoms with Crippen LogP contribution in [0.25, 0.3) is 5.69 Å². The largest absolute Gasteiger partial charge is 0.381 e. The zero-order chi connectivity index (χ0) is 22.4. The first-order chi connectivity index (χ1) is 14.7. The topological polar surface area (TPSA) is 102 Å². The number of ether oxygens (including phenoxy) is 1. The predicted molar refractivity (Wildman–Crippen MR) is 115 cm³/mol. The lowest BCUT2D eigenvalue weighted by atomic mass is 9.91. The molecule has 4 rings (SSSR count). The highest BCUT2D eigenvalue weighted by atomic mass is 35.5. The van der Waals surface area contributed by atoms with Gasteiger partial charge in [0.25, 0.3) is 0 Å². The molecule has 0 N–H and O–H groups in total. The summed E-state index contributed by atoms with van der Waals surface area (Å²) in [4.78, 5) is 12.9. The summed E-state index contributed by atoms with van der Waals surface area (Å²) in [5, 5.41) is 12.9. The number of rotatable bonds is 7. The minimum absolute atomic E-state index is 0.0467. The average Bonchev–Trinajstić information content (AvgIpc) is 3.15. The number of hydrogen-bond donors (Lipinski definition) is 0. The Kier molecular flexibility index (Phi) is 5.71. The molecule has 0 spiro atoms. The van der Waals surface area contributed by atoms with E-state index in [4.69, 9.17) is 16.3 Å². The maximum absolute atomic E-state index is 13.4. The molecule has 1 aromatic heterocycles. The first kappa shape index (κ1) is 22.0. The lowest BCUT2D eigenvalue weighted by molar-refractivity contribution is -0.126. The van der Waals surface area contributed by atoms with E-state index in [0.717, 1.165) is 18.4 Å². The Bertz CT molecular complexity index is 1160. The van der Waals surface area contributed by atoms with Gasteiger partial charge >= 0.3 is 0 Å². The Labute approximate surface area is 186 Å². The van der Waals surface area contributed by atoms with E-state index in [1.54, 1.807) is 23.0 Å². The van der Waals surface area contributed by atoms with Crippen LogP contribution in [-0.4, -0.2) is 42.4 Å². The molecule has 2 aliphatic carbocycles. The molecule has 0 aliphatic heterocycles. The van der Waals surface area contributed by atoms with Crippen molar-refractivity contribution in [3.8, 4) is 11.8 Å². The molecule has 0 unspecified atom stereocenters. The van der Waals surface area contributed by atoms with E-state index in [1.165, 1.54) is 13.2 Å². The second kappa shape index (κ2) is 8.05. The third-order valence-electron chi connectivity index (χ3n) is 6.42. The maximum atomic E-state index is 13.4. The van der Waals surface area contributed by atoms with E-state index in [0.29, 0.717) is 5.69 Å². The molecule has 164 valence electrons. The number of nitrogens with zero attached hydrogens (tertiary/aromatic N) is 3. The standard InChI is InChI=1S/C22H24ClN3O4S/c1-14-11-25-26(12-14)15-3-4-21(18(23)7-15)31(28,29)16-8-17(20(9-16)30-2)19(27)10-22(13-24)5-6-22/h3-4,7,11-12,16-17,20H,5-6,8-10H2,1-2H3/t16-,17+,20-/m1/s1. The number of carbonyl (C=O) groups is 1. The van der Waals surface area contributed by atoms with Crippen LogP contribution in [0.3, 0.4) is 0 Å². The summed E-state index contributed by atoms with van der Waals surface area (Å²) in [7, 11) is -2.27. The summed E-state index contributed by atoms with van der Waals surface area (Å²) in [5.41, 5.74) is 1.08. The number of methoxy groups -OCH3 is 1. The van der Waals surface area contributed by atoms with Gasteiger partial charge in [-0.1, -0.05) is 11.6 Å². The first-order valence-corrected chi connectivity index (χ1v) is 12.1. The molecule has 9 heteroatoms. The van der Waals surface area contributed by atoms with Crippen molar-refractivity contribution >= 4 is 27.2 Å². The summed E-state index contributed by atoms with van der Waals surface area (Å²) >= 11 is 6.38. The number of sulfone groups is 1. The van der Waals surface area contributed by atoms with Crippen LogP contribution in [0.1, 0.15) is 37.7 Å². The van der Waals surface area contributed by atoms with E-state index >= 15 is 0 Å². The lowest BCUT2D eigenvalue weighted by Gasteiger charge is -2.17. The van der Waals surface area contributed by atoms with Gasteiger partial charge in [0.1, 0.15) is 5.78 Å². The summed E-state index contributed by atoms with van der Waals surface area (Å²) in [6.07, 6.45) is 5.06. The van der Waals surface area contributed by atoms with E-state index in [2.05, 4.69) is 11.2 Å². The van der Waals surface area contributed by atoms with Crippen molar-refractivity contribution in [1.82, 2.24) is 9.78 Å². The van der Waals surface area contributed by atoms with Gasteiger partial charge in [-0.15, -0.1) is 0 Å². The summed E-state index contributed by atoms with van der Waals surface area (Å²) in [5.74, 6) is -0.611. The normalized spacial score (nSPS) is 24.6. The maximum Gasteiger partial charge on any atom is 0.182 e. The Morgan fingerprint density at radius 1 is 1.39 bits per heavy atom. The monoisotopic (exact) mass is 461 g/mol. The molecular formula is C22H24ClN3O4S. The molecule has 0 bridgehead atoms. The lowest BCUT2D eigenvalue weighted by Crippen LogP contribution is -2.26. The van der Waals surface area contributed by atoms with Crippen LogP contribution in [0.5, 0.6) is 0 Å². The van der Waals surface area contributed by atoms with Gasteiger partial charge in [-0.05, 0) is 56.4 Å². The van der Waals surface area contributed by atoms with Crippen LogP contribution < -0.4 is 0 Å². The molecule has 0 saturated heterocycles. The molecule has 0 amide bonds. The third-order valence-corrected chi connectivity index (χ3v) is 9.07. The van der Waals surface area contributed by atoms with Gasteiger partial charge in [0.05, 0.1) is 44.6 Å². The van der Waals surface area contributed by atoms with Gasteiger partial charge < -0.3 is 4.74 Å². The molecule has 0 radical (unpaired) electrons. The van der Waals surface area contributed by atoms with E-state index in [-0.39, 0.29) is 35.0 Å². The molecule has 2 aliphatic rings. The Morgan fingerprint density at radius 3 is 2.68 bits per heavy atom. The Morgan fingerprint density at radius 2 is 2.13 bits per heavy atom. The predicted octanol–water partition coefficient (Wildman–Crippen LogP) is 3.66. The number of halogens is 1. The number of aromatic nitrogens is 2. The quantitative estimate of drug-likeness (QED) is 0.623. The number of nitriles is 1. The van der Waals surface area contributed by atoms with E-state index < -0.39 is 32.5 Å². The number of hydrogen-bond acceptors (Lipinski definition) is 6. The fourth-order valence-corrected chi connectivity index (χ4v) is 6.70. The molecule has 2 saturated carbocycles. The number of aryl methyl sites for hydroxylation is 1. The molecule has 2 aromatic rings. The Balaban J connectivity index is 1.56. The SMILES string of the molecule is CO[C@@H]1C[C@H](S(=O)(=O)c2ccc(-n3cc(C)cn3)cc2Cl)C[C@H]1C(=O)CC1(C#N)CC1. The molecule has 1 aromatic carbocycles. The van der Waals surface area contributed by atoms with Crippen LogP contribution in [0.15, 0.2) is 35.5 Å². The first-order valence-electron chi connectivity index (χ1n) is 10.2. The Hall–Kier alpha value is -2.21. The van der Waals surface area contributed by atoms with Gasteiger partial charge in [0.2, 0.25) is 0 Å². The molecule has 3 atom stereocenters. The van der Waals surface area contributed by atoms with Crippen molar-refractivity contribution < 1.29 is 17.9 Å². The molecule has 2 fully saturated rings. The minimum atomic E-state index is -3.77. The fraction of sp³-hybridized carbons (Fsp3) is 0.500. The molecular weight excluding hydrogens is 438 g/mol. The van der Waals surface area contributed by atoms with Crippen LogP contribution in [-0.2, 0) is 19.4 Å². The summed E-state index contributed by atoms with van der Waals surface area (Å²) < 4.78 is 33.8. The summed E-state index contributed by atoms with van der Waals surface area (Å²) in [6.45, 7) is 1.91. The average molecular weight is 462 g/mol. The van der Waals surface area contributed by atoms with Gasteiger partial charge in [0.15, 0.2) is 9.84 Å². The van der Waals surface area contributed by atoms with Crippen molar-refractivity contribution in [3.63, 3.8) is 0 Å². The van der Waals surface area contributed by atoms with Crippen molar-refractivity contribution in [2.45, 2.75) is 55.3 Å². The third kappa shape index (κ3) is 4.14. The van der Waals surface area contributed by atoms with E-state index in [1.807, 2.05) is 13.1 Å². The van der Waals surface area contributed by atoms with Gasteiger partial charge in [-0.2, -0.15) is 10.4 Å². The fourth-order valence-electron chi connectivity index (χ4n) is 4.35. The van der Waals surface area contributed by atoms with E-state index in [9.17, 15) is 18.5 Å². The second-order valence-electron chi connectivity index (χ2n) is 8.63. The van der Waals surface area contributed by atoms with Crippen molar-refractivity contribution in [2.75, 3.05) is 7.11 Å². The second-order valence-corrected chi connectivity index (χ2v) is 11.2.